The highest BCUT2D eigenvalue weighted by atomic mass is 16.5. The molecule has 4 amide bonds. The highest BCUT2D eigenvalue weighted by Gasteiger charge is 2.28. The van der Waals surface area contributed by atoms with E-state index in [1.165, 1.54) is 14.0 Å². The number of hydrogen-bond donors (Lipinski definition) is 8. The van der Waals surface area contributed by atoms with Crippen molar-refractivity contribution in [2.45, 2.75) is 70.2 Å². The van der Waals surface area contributed by atoms with Crippen LogP contribution in [0.4, 0.5) is 10.5 Å². The molecule has 3 rings (SSSR count). The van der Waals surface area contributed by atoms with Gasteiger partial charge in [-0.05, 0) is 49.6 Å². The van der Waals surface area contributed by atoms with Gasteiger partial charge in [0.1, 0.15) is 30.5 Å². The van der Waals surface area contributed by atoms with Gasteiger partial charge >= 0.3 is 6.09 Å². The second kappa shape index (κ2) is 18.5. The summed E-state index contributed by atoms with van der Waals surface area (Å²) in [6.07, 6.45) is 0.478. The van der Waals surface area contributed by atoms with Crippen molar-refractivity contribution < 1.29 is 28.7 Å². The van der Waals surface area contributed by atoms with Crippen molar-refractivity contribution in [2.75, 3.05) is 12.4 Å². The van der Waals surface area contributed by atoms with Gasteiger partial charge in [-0.15, -0.1) is 0 Å². The number of carbonyl (C=O) groups excluding carboxylic acids is 4. The fraction of sp³-hybridized carbons (Fsp3) is 0.353. The Hall–Kier alpha value is -5.66. The first-order chi connectivity index (χ1) is 23.0. The number of benzene rings is 3. The second-order valence-electron chi connectivity index (χ2n) is 11.3. The number of methoxy groups -OCH3 is 1. The van der Waals surface area contributed by atoms with E-state index in [9.17, 15) is 19.2 Å². The molecule has 0 heterocycles. The minimum absolute atomic E-state index is 0.0101. The van der Waals surface area contributed by atoms with Gasteiger partial charge in [-0.1, -0.05) is 54.6 Å². The predicted octanol–water partition coefficient (Wildman–Crippen LogP) is 3.28. The molecule has 0 bridgehead atoms. The van der Waals surface area contributed by atoms with Crippen molar-refractivity contribution in [3.8, 4) is 5.75 Å². The van der Waals surface area contributed by atoms with Crippen LogP contribution in [0.2, 0.25) is 0 Å². The molecule has 3 atom stereocenters. The first-order valence-corrected chi connectivity index (χ1v) is 15.6. The number of nitrogens with one attached hydrogen (secondary N) is 6. The maximum absolute atomic E-state index is 13.6. The molecule has 0 unspecified atom stereocenters. The summed E-state index contributed by atoms with van der Waals surface area (Å²) in [7, 11) is 1.53. The van der Waals surface area contributed by atoms with E-state index in [-0.39, 0.29) is 44.0 Å². The molecule has 0 saturated heterocycles. The zero-order valence-corrected chi connectivity index (χ0v) is 27.1. The molecule has 0 aliphatic heterocycles. The number of nitrogens with two attached hydrogens (primary N) is 2. The average Bonchev–Trinajstić information content (AvgIpc) is 3.05. The molecule has 3 aromatic carbocycles. The molecule has 0 radical (unpaired) electrons. The Morgan fingerprint density at radius 1 is 0.771 bits per heavy atom. The number of hydrogen-bond acceptors (Lipinski definition) is 8. The van der Waals surface area contributed by atoms with Crippen molar-refractivity contribution in [3.63, 3.8) is 0 Å². The van der Waals surface area contributed by atoms with Gasteiger partial charge in [-0.2, -0.15) is 0 Å². The SMILES string of the molecule is COc1cc(NC(=O)[C@H](CCCC(=N)N)NC(=O)[C@H](CCCC(=N)N)NC(=O)[C@H](C)NC(=O)OCc2ccccc2)cc2ccccc12. The number of fused-ring (bicyclic) bond motifs is 1. The van der Waals surface area contributed by atoms with E-state index < -0.39 is 41.9 Å². The summed E-state index contributed by atoms with van der Waals surface area (Å²) in [5.41, 5.74) is 12.3. The van der Waals surface area contributed by atoms with Crippen LogP contribution in [0.1, 0.15) is 51.0 Å². The minimum Gasteiger partial charge on any atom is -0.496 e. The lowest BCUT2D eigenvalue weighted by Gasteiger charge is -2.24. The summed E-state index contributed by atoms with van der Waals surface area (Å²) in [6, 6.07) is 16.8. The van der Waals surface area contributed by atoms with Crippen LogP contribution in [-0.4, -0.2) is 60.7 Å². The van der Waals surface area contributed by atoms with E-state index >= 15 is 0 Å². The first kappa shape index (κ1) is 36.8. The minimum atomic E-state index is -1.12. The predicted molar refractivity (Wildman–Crippen MR) is 184 cm³/mol. The van der Waals surface area contributed by atoms with Crippen molar-refractivity contribution in [1.82, 2.24) is 16.0 Å². The average molecular weight is 661 g/mol. The molecular weight excluding hydrogens is 616 g/mol. The van der Waals surface area contributed by atoms with E-state index in [1.54, 1.807) is 24.3 Å². The van der Waals surface area contributed by atoms with Gasteiger partial charge in [-0.25, -0.2) is 4.79 Å². The molecule has 14 nitrogen and oxygen atoms in total. The zero-order chi connectivity index (χ0) is 35.1. The Labute approximate surface area is 279 Å². The Morgan fingerprint density at radius 3 is 1.98 bits per heavy atom. The topological polar surface area (TPSA) is 235 Å². The summed E-state index contributed by atoms with van der Waals surface area (Å²) in [5.74, 6) is -1.41. The lowest BCUT2D eigenvalue weighted by Crippen LogP contribution is -2.55. The summed E-state index contributed by atoms with van der Waals surface area (Å²) in [5, 5.41) is 27.5. The van der Waals surface area contributed by atoms with E-state index in [1.807, 2.05) is 42.5 Å². The number of carbonyl (C=O) groups is 4. The Kier molecular flexibility index (Phi) is 14.2. The first-order valence-electron chi connectivity index (χ1n) is 15.6. The molecule has 0 aliphatic rings. The lowest BCUT2D eigenvalue weighted by atomic mass is 10.0. The summed E-state index contributed by atoms with van der Waals surface area (Å²) < 4.78 is 10.7. The summed E-state index contributed by atoms with van der Waals surface area (Å²) in [4.78, 5) is 52.6. The number of amides is 4. The number of alkyl carbamates (subject to hydrolysis) is 1. The van der Waals surface area contributed by atoms with Gasteiger partial charge in [0.25, 0.3) is 0 Å². The number of anilines is 1. The maximum Gasteiger partial charge on any atom is 0.408 e. The second-order valence-corrected chi connectivity index (χ2v) is 11.3. The van der Waals surface area contributed by atoms with Crippen LogP contribution >= 0.6 is 0 Å². The van der Waals surface area contributed by atoms with E-state index in [0.717, 1.165) is 16.3 Å². The Balaban J connectivity index is 1.72. The number of amidine groups is 2. The summed E-state index contributed by atoms with van der Waals surface area (Å²) >= 11 is 0. The Bertz CT molecular complexity index is 1600. The molecule has 0 fully saturated rings. The Morgan fingerprint density at radius 2 is 1.35 bits per heavy atom. The molecular formula is C34H44N8O6. The third-order valence-electron chi connectivity index (χ3n) is 7.40. The lowest BCUT2D eigenvalue weighted by molar-refractivity contribution is -0.131. The van der Waals surface area contributed by atoms with E-state index in [0.29, 0.717) is 24.3 Å². The van der Waals surface area contributed by atoms with Crippen LogP contribution in [0.25, 0.3) is 10.8 Å². The van der Waals surface area contributed by atoms with Gasteiger partial charge in [0.05, 0.1) is 18.8 Å². The van der Waals surface area contributed by atoms with Crippen LogP contribution in [0.5, 0.6) is 5.75 Å². The van der Waals surface area contributed by atoms with Crippen molar-refractivity contribution >= 4 is 51.9 Å². The number of ether oxygens (including phenoxy) is 2. The molecule has 256 valence electrons. The molecule has 0 aromatic heterocycles. The smallest absolute Gasteiger partial charge is 0.408 e. The van der Waals surface area contributed by atoms with Gasteiger partial charge in [-0.3, -0.25) is 25.2 Å². The van der Waals surface area contributed by atoms with Crippen LogP contribution in [0.15, 0.2) is 66.7 Å². The standard InChI is InChI=1S/C34H44N8O6/c1-21(39-34(46)48-20-22-10-4-3-5-11-22)31(43)41-27(15-9-17-30(37)38)33(45)42-26(14-8-16-29(35)36)32(44)40-24-18-23-12-6-7-13-25(23)28(19-24)47-2/h3-7,10-13,18-19,21,26-27H,8-9,14-17,20H2,1-2H3,(H3,35,36)(H3,37,38)(H,39,46)(H,40,44)(H,41,43)(H,42,45)/t21-,26-,27-/m0/s1. The third kappa shape index (κ3) is 11.9. The van der Waals surface area contributed by atoms with Crippen molar-refractivity contribution in [1.29, 1.82) is 10.8 Å². The van der Waals surface area contributed by atoms with Crippen LogP contribution < -0.4 is 37.5 Å². The molecule has 3 aromatic rings. The zero-order valence-electron chi connectivity index (χ0n) is 27.1. The normalized spacial score (nSPS) is 12.5. The van der Waals surface area contributed by atoms with E-state index in [2.05, 4.69) is 21.3 Å². The highest BCUT2D eigenvalue weighted by molar-refractivity contribution is 6.01. The molecule has 14 heteroatoms. The molecule has 0 aliphatic carbocycles. The molecule has 48 heavy (non-hydrogen) atoms. The third-order valence-corrected chi connectivity index (χ3v) is 7.40. The van der Waals surface area contributed by atoms with Crippen molar-refractivity contribution in [3.05, 3.63) is 72.3 Å². The van der Waals surface area contributed by atoms with Gasteiger partial charge < -0.3 is 42.2 Å². The van der Waals surface area contributed by atoms with Gasteiger partial charge in [0.15, 0.2) is 0 Å². The summed E-state index contributed by atoms with van der Waals surface area (Å²) in [6.45, 7) is 1.45. The number of rotatable bonds is 18. The highest BCUT2D eigenvalue weighted by Crippen LogP contribution is 2.30. The van der Waals surface area contributed by atoms with Gasteiger partial charge in [0.2, 0.25) is 17.7 Å². The van der Waals surface area contributed by atoms with Gasteiger partial charge in [0, 0.05) is 30.0 Å². The maximum atomic E-state index is 13.6. The quantitative estimate of drug-likeness (QED) is 0.0743. The monoisotopic (exact) mass is 660 g/mol. The van der Waals surface area contributed by atoms with Crippen molar-refractivity contribution in [2.24, 2.45) is 11.5 Å². The molecule has 10 N–H and O–H groups in total. The van der Waals surface area contributed by atoms with E-state index in [4.69, 9.17) is 31.8 Å². The van der Waals surface area contributed by atoms with Crippen LogP contribution in [0.3, 0.4) is 0 Å². The van der Waals surface area contributed by atoms with Crippen LogP contribution in [0, 0.1) is 10.8 Å². The fourth-order valence-electron chi connectivity index (χ4n) is 4.85. The van der Waals surface area contributed by atoms with Crippen LogP contribution in [-0.2, 0) is 25.7 Å². The fourth-order valence-corrected chi connectivity index (χ4v) is 4.85. The molecule has 0 spiro atoms. The molecule has 0 saturated carbocycles. The largest absolute Gasteiger partial charge is 0.496 e.